The highest BCUT2D eigenvalue weighted by Gasteiger charge is 2.15. The first-order chi connectivity index (χ1) is 6.18. The van der Waals surface area contributed by atoms with Gasteiger partial charge in [-0.3, -0.25) is 4.79 Å². The molecule has 4 nitrogen and oxygen atoms in total. The summed E-state index contributed by atoms with van der Waals surface area (Å²) in [5.74, 6) is 0.0429. The molecule has 0 bridgehead atoms. The van der Waals surface area contributed by atoms with Crippen LogP contribution in [0.25, 0.3) is 0 Å². The van der Waals surface area contributed by atoms with Crippen LogP contribution in [-0.2, 0) is 4.79 Å². The number of carbonyl (C=O) groups excluding carboxylic acids is 1. The molecule has 0 radical (unpaired) electrons. The van der Waals surface area contributed by atoms with E-state index in [4.69, 9.17) is 5.73 Å². The second kappa shape index (κ2) is 5.19. The first-order valence-electron chi connectivity index (χ1n) is 4.91. The van der Waals surface area contributed by atoms with Crippen LogP contribution in [0.15, 0.2) is 0 Å². The van der Waals surface area contributed by atoms with Gasteiger partial charge in [0.25, 0.3) is 0 Å². The second-order valence-corrected chi connectivity index (χ2v) is 3.69. The summed E-state index contributed by atoms with van der Waals surface area (Å²) in [7, 11) is 0. The van der Waals surface area contributed by atoms with E-state index in [-0.39, 0.29) is 5.91 Å². The number of nitrogens with one attached hydrogen (secondary N) is 1. The van der Waals surface area contributed by atoms with E-state index in [1.807, 2.05) is 0 Å². The lowest BCUT2D eigenvalue weighted by atomic mass is 10.1. The molecule has 0 aromatic heterocycles. The van der Waals surface area contributed by atoms with Crippen molar-refractivity contribution in [3.8, 4) is 0 Å². The van der Waals surface area contributed by atoms with E-state index in [1.54, 1.807) is 6.92 Å². The Kier molecular flexibility index (Phi) is 4.18. The molecular weight excluding hydrogens is 166 g/mol. The zero-order valence-electron chi connectivity index (χ0n) is 8.25. The average Bonchev–Trinajstić information content (AvgIpc) is 2.03. The van der Waals surface area contributed by atoms with Crippen molar-refractivity contribution < 1.29 is 4.79 Å². The largest absolute Gasteiger partial charge is 0.355 e. The Morgan fingerprint density at radius 1 is 1.69 bits per heavy atom. The number of hydrogen-bond donors (Lipinski definition) is 2. The first kappa shape index (κ1) is 10.5. The fraction of sp³-hybridized carbons (Fsp3) is 0.889. The van der Waals surface area contributed by atoms with E-state index in [1.165, 1.54) is 6.42 Å². The van der Waals surface area contributed by atoms with E-state index >= 15 is 0 Å². The van der Waals surface area contributed by atoms with Gasteiger partial charge in [0.05, 0.1) is 0 Å². The SMILES string of the molecule is CC(=O)NCCN1CCC[C@@H](N)C1. The number of piperidine rings is 1. The maximum absolute atomic E-state index is 10.6. The minimum absolute atomic E-state index is 0.0429. The summed E-state index contributed by atoms with van der Waals surface area (Å²) < 4.78 is 0. The molecule has 1 aliphatic heterocycles. The van der Waals surface area contributed by atoms with Crippen molar-refractivity contribution in [2.24, 2.45) is 5.73 Å². The molecule has 1 saturated heterocycles. The predicted octanol–water partition coefficient (Wildman–Crippen LogP) is -0.454. The van der Waals surface area contributed by atoms with E-state index in [2.05, 4.69) is 10.2 Å². The van der Waals surface area contributed by atoms with Crippen LogP contribution in [0.1, 0.15) is 19.8 Å². The average molecular weight is 185 g/mol. The van der Waals surface area contributed by atoms with Gasteiger partial charge >= 0.3 is 0 Å². The monoisotopic (exact) mass is 185 g/mol. The van der Waals surface area contributed by atoms with Crippen molar-refractivity contribution in [3.05, 3.63) is 0 Å². The third-order valence-electron chi connectivity index (χ3n) is 2.34. The fourth-order valence-electron chi connectivity index (χ4n) is 1.68. The molecular formula is C9H19N3O. The Labute approximate surface area is 79.5 Å². The number of carbonyl (C=O) groups is 1. The van der Waals surface area contributed by atoms with Gasteiger partial charge in [0.15, 0.2) is 0 Å². The lowest BCUT2D eigenvalue weighted by Crippen LogP contribution is -2.45. The molecule has 1 rings (SSSR count). The van der Waals surface area contributed by atoms with E-state index in [0.29, 0.717) is 6.04 Å². The zero-order chi connectivity index (χ0) is 9.68. The third kappa shape index (κ3) is 4.24. The maximum atomic E-state index is 10.6. The maximum Gasteiger partial charge on any atom is 0.216 e. The van der Waals surface area contributed by atoms with Gasteiger partial charge in [-0.1, -0.05) is 0 Å². The molecule has 1 aliphatic rings. The van der Waals surface area contributed by atoms with Gasteiger partial charge < -0.3 is 16.0 Å². The van der Waals surface area contributed by atoms with Gasteiger partial charge in [-0.05, 0) is 19.4 Å². The Hall–Kier alpha value is -0.610. The second-order valence-electron chi connectivity index (χ2n) is 3.69. The molecule has 0 spiro atoms. The minimum Gasteiger partial charge on any atom is -0.355 e. The molecule has 1 fully saturated rings. The predicted molar refractivity (Wildman–Crippen MR) is 52.3 cm³/mol. The quantitative estimate of drug-likeness (QED) is 0.626. The first-order valence-corrected chi connectivity index (χ1v) is 4.91. The summed E-state index contributed by atoms with van der Waals surface area (Å²) in [4.78, 5) is 12.9. The minimum atomic E-state index is 0.0429. The van der Waals surface area contributed by atoms with Gasteiger partial charge in [-0.2, -0.15) is 0 Å². The summed E-state index contributed by atoms with van der Waals surface area (Å²) in [6.45, 7) is 5.30. The summed E-state index contributed by atoms with van der Waals surface area (Å²) in [5, 5.41) is 2.79. The Morgan fingerprint density at radius 3 is 3.08 bits per heavy atom. The van der Waals surface area contributed by atoms with Crippen LogP contribution in [0.5, 0.6) is 0 Å². The summed E-state index contributed by atoms with van der Waals surface area (Å²) >= 11 is 0. The zero-order valence-corrected chi connectivity index (χ0v) is 8.25. The molecule has 1 amide bonds. The molecule has 13 heavy (non-hydrogen) atoms. The Bertz CT molecular complexity index is 172. The normalized spacial score (nSPS) is 24.3. The van der Waals surface area contributed by atoms with E-state index in [0.717, 1.165) is 32.6 Å². The van der Waals surface area contributed by atoms with Crippen LogP contribution in [0.4, 0.5) is 0 Å². The number of nitrogens with two attached hydrogens (primary N) is 1. The van der Waals surface area contributed by atoms with Gasteiger partial charge in [-0.15, -0.1) is 0 Å². The van der Waals surface area contributed by atoms with Crippen LogP contribution in [-0.4, -0.2) is 43.0 Å². The molecule has 0 aromatic rings. The molecule has 76 valence electrons. The highest BCUT2D eigenvalue weighted by atomic mass is 16.1. The summed E-state index contributed by atoms with van der Waals surface area (Å²) in [6, 6.07) is 0.325. The number of hydrogen-bond acceptors (Lipinski definition) is 3. The molecule has 0 aromatic carbocycles. The smallest absolute Gasteiger partial charge is 0.216 e. The molecule has 4 heteroatoms. The molecule has 3 N–H and O–H groups in total. The van der Waals surface area contributed by atoms with Crippen molar-refractivity contribution in [3.63, 3.8) is 0 Å². The van der Waals surface area contributed by atoms with Gasteiger partial charge in [0, 0.05) is 32.6 Å². The van der Waals surface area contributed by atoms with Crippen molar-refractivity contribution in [2.45, 2.75) is 25.8 Å². The van der Waals surface area contributed by atoms with Crippen molar-refractivity contribution in [1.82, 2.24) is 10.2 Å². The van der Waals surface area contributed by atoms with Crippen molar-refractivity contribution >= 4 is 5.91 Å². The van der Waals surface area contributed by atoms with Crippen LogP contribution < -0.4 is 11.1 Å². The Balaban J connectivity index is 2.10. The summed E-state index contributed by atoms with van der Waals surface area (Å²) in [6.07, 6.45) is 2.32. The highest BCUT2D eigenvalue weighted by Crippen LogP contribution is 2.06. The molecule has 0 aliphatic carbocycles. The van der Waals surface area contributed by atoms with Crippen molar-refractivity contribution in [2.75, 3.05) is 26.2 Å². The van der Waals surface area contributed by atoms with E-state index < -0.39 is 0 Å². The number of amides is 1. The van der Waals surface area contributed by atoms with Gasteiger partial charge in [-0.25, -0.2) is 0 Å². The van der Waals surface area contributed by atoms with Gasteiger partial charge in [0.1, 0.15) is 0 Å². The number of nitrogens with zero attached hydrogens (tertiary/aromatic N) is 1. The highest BCUT2D eigenvalue weighted by molar-refractivity contribution is 5.72. The van der Waals surface area contributed by atoms with Gasteiger partial charge in [0.2, 0.25) is 5.91 Å². The van der Waals surface area contributed by atoms with Crippen LogP contribution >= 0.6 is 0 Å². The molecule has 0 unspecified atom stereocenters. The molecule has 1 atom stereocenters. The third-order valence-corrected chi connectivity index (χ3v) is 2.34. The van der Waals surface area contributed by atoms with E-state index in [9.17, 15) is 4.79 Å². The lowest BCUT2D eigenvalue weighted by molar-refractivity contribution is -0.119. The standard InChI is InChI=1S/C9H19N3O/c1-8(13)11-4-6-12-5-2-3-9(10)7-12/h9H,2-7,10H2,1H3,(H,11,13)/t9-/m1/s1. The topological polar surface area (TPSA) is 58.4 Å². The Morgan fingerprint density at radius 2 is 2.46 bits per heavy atom. The van der Waals surface area contributed by atoms with Crippen LogP contribution in [0.2, 0.25) is 0 Å². The van der Waals surface area contributed by atoms with Crippen molar-refractivity contribution in [1.29, 1.82) is 0 Å². The molecule has 1 heterocycles. The summed E-state index contributed by atoms with van der Waals surface area (Å²) in [5.41, 5.74) is 5.83. The fourth-order valence-corrected chi connectivity index (χ4v) is 1.68. The number of likely N-dealkylation sites (tertiary alicyclic amines) is 1. The number of rotatable bonds is 3. The van der Waals surface area contributed by atoms with Crippen LogP contribution in [0.3, 0.4) is 0 Å². The molecule has 0 saturated carbocycles. The lowest BCUT2D eigenvalue weighted by Gasteiger charge is -2.30. The van der Waals surface area contributed by atoms with Crippen LogP contribution in [0, 0.1) is 0 Å².